The topological polar surface area (TPSA) is 85.2 Å². The van der Waals surface area contributed by atoms with E-state index in [0.29, 0.717) is 31.1 Å². The summed E-state index contributed by atoms with van der Waals surface area (Å²) in [4.78, 5) is 4.81. The van der Waals surface area contributed by atoms with Gasteiger partial charge in [0.1, 0.15) is 5.82 Å². The molecule has 2 aromatic carbocycles. The van der Waals surface area contributed by atoms with Crippen LogP contribution in [0, 0.1) is 12.3 Å². The fourth-order valence-electron chi connectivity index (χ4n) is 3.46. The van der Waals surface area contributed by atoms with Crippen LogP contribution < -0.4 is 0 Å². The summed E-state index contributed by atoms with van der Waals surface area (Å²) in [5.74, 6) is 5.52. The lowest BCUT2D eigenvalue weighted by molar-refractivity contribution is 0.581. The van der Waals surface area contributed by atoms with Crippen LogP contribution >= 0.6 is 0 Å². The Kier molecular flexibility index (Phi) is 6.18. The van der Waals surface area contributed by atoms with Gasteiger partial charge in [-0.25, -0.2) is 14.8 Å². The monoisotopic (exact) mass is 411 g/mol. The molecule has 2 heterocycles. The average Bonchev–Trinajstić information content (AvgIpc) is 3.48. The van der Waals surface area contributed by atoms with Crippen molar-refractivity contribution in [3.05, 3.63) is 65.7 Å². The zero-order valence-electron chi connectivity index (χ0n) is 17.8. The lowest BCUT2D eigenvalue weighted by Crippen LogP contribution is -2.06. The molecular weight excluding hydrogens is 386 g/mol. The Morgan fingerprint density at radius 1 is 1.10 bits per heavy atom. The number of tetrazole rings is 1. The maximum Gasteiger partial charge on any atom is 0.180 e. The van der Waals surface area contributed by atoms with Crippen LogP contribution in [0.4, 0.5) is 0 Å². The van der Waals surface area contributed by atoms with Gasteiger partial charge in [0, 0.05) is 24.3 Å². The number of aryl methyl sites for hydroxylation is 1. The molecule has 2 aromatic heterocycles. The smallest absolute Gasteiger partial charge is 0.180 e. The van der Waals surface area contributed by atoms with Crippen LogP contribution in [-0.2, 0) is 13.0 Å². The summed E-state index contributed by atoms with van der Waals surface area (Å²) in [6.45, 7) is 4.99. The third-order valence-corrected chi connectivity index (χ3v) is 5.44. The Balaban J connectivity index is 1.59. The molecule has 0 saturated carbocycles. The molecule has 0 aliphatic rings. The number of rotatable bonds is 8. The first kappa shape index (κ1) is 20.5. The zero-order valence-corrected chi connectivity index (χ0v) is 17.8. The predicted molar refractivity (Wildman–Crippen MR) is 120 cm³/mol. The minimum atomic E-state index is 0.329. The molecule has 4 aromatic rings. The van der Waals surface area contributed by atoms with Crippen LogP contribution in [0.25, 0.3) is 22.5 Å². The van der Waals surface area contributed by atoms with Crippen molar-refractivity contribution in [2.75, 3.05) is 0 Å². The van der Waals surface area contributed by atoms with Gasteiger partial charge >= 0.3 is 0 Å². The van der Waals surface area contributed by atoms with Gasteiger partial charge < -0.3 is 0 Å². The number of hydrogen-bond donors (Lipinski definition) is 1. The van der Waals surface area contributed by atoms with Gasteiger partial charge in [-0.15, -0.1) is 17.4 Å². The van der Waals surface area contributed by atoms with Crippen molar-refractivity contribution in [3.8, 4) is 34.9 Å². The summed E-state index contributed by atoms with van der Waals surface area (Å²) in [6.07, 6.45) is 7.82. The van der Waals surface area contributed by atoms with E-state index < -0.39 is 0 Å². The van der Waals surface area contributed by atoms with Crippen molar-refractivity contribution in [3.63, 3.8) is 0 Å². The molecule has 31 heavy (non-hydrogen) atoms. The van der Waals surface area contributed by atoms with Gasteiger partial charge in [0.2, 0.25) is 0 Å². The minimum Gasteiger partial charge on any atom is -0.248 e. The van der Waals surface area contributed by atoms with E-state index in [4.69, 9.17) is 16.5 Å². The van der Waals surface area contributed by atoms with E-state index in [1.165, 1.54) is 5.56 Å². The average molecular weight is 412 g/mol. The minimum absolute atomic E-state index is 0.329. The van der Waals surface area contributed by atoms with Crippen LogP contribution in [0.3, 0.4) is 0 Å². The van der Waals surface area contributed by atoms with Crippen LogP contribution in [0.2, 0.25) is 0 Å². The van der Waals surface area contributed by atoms with Crippen molar-refractivity contribution in [1.29, 1.82) is 0 Å². The first-order valence-electron chi connectivity index (χ1n) is 10.5. The lowest BCUT2D eigenvalue weighted by Gasteiger charge is -2.09. The molecule has 0 aliphatic carbocycles. The number of aromatic nitrogens is 7. The molecule has 1 N–H and O–H groups in total. The summed E-state index contributed by atoms with van der Waals surface area (Å²) >= 11 is 0. The molecule has 156 valence electrons. The molecule has 7 heteroatoms. The molecule has 0 bridgehead atoms. The van der Waals surface area contributed by atoms with Crippen LogP contribution in [0.5, 0.6) is 0 Å². The molecule has 1 unspecified atom stereocenters. The number of benzene rings is 2. The second-order valence-electron chi connectivity index (χ2n) is 7.54. The van der Waals surface area contributed by atoms with E-state index in [1.54, 1.807) is 0 Å². The van der Waals surface area contributed by atoms with E-state index in [1.807, 2.05) is 22.9 Å². The molecule has 7 nitrogen and oxygen atoms in total. The SMILES string of the molecule is C#CCCn1nc(C(C)CC)nc1Cc1ccc(-c2ccccc2-c2nnn[nH]2)cc1. The standard InChI is InChI=1S/C24H25N7/c1-4-6-15-31-22(25-23(28-31)17(3)5-2)16-18-11-13-19(14-12-18)20-9-7-8-10-21(20)24-26-29-30-27-24/h1,7-14,17H,5-6,15-16H2,2-3H3,(H,26,27,29,30). The molecule has 0 radical (unpaired) electrons. The number of H-pyrrole nitrogens is 1. The lowest BCUT2D eigenvalue weighted by atomic mass is 9.98. The van der Waals surface area contributed by atoms with Gasteiger partial charge in [-0.3, -0.25) is 0 Å². The third kappa shape index (κ3) is 4.53. The second kappa shape index (κ2) is 9.35. The first-order chi connectivity index (χ1) is 15.2. The maximum absolute atomic E-state index is 5.46. The molecule has 0 saturated heterocycles. The van der Waals surface area contributed by atoms with E-state index >= 15 is 0 Å². The Bertz CT molecular complexity index is 1170. The van der Waals surface area contributed by atoms with Crippen molar-refractivity contribution in [1.82, 2.24) is 35.4 Å². The number of nitrogens with one attached hydrogen (secondary N) is 1. The first-order valence-corrected chi connectivity index (χ1v) is 10.5. The van der Waals surface area contributed by atoms with E-state index in [0.717, 1.165) is 34.8 Å². The number of nitrogens with zero attached hydrogens (tertiary/aromatic N) is 6. The van der Waals surface area contributed by atoms with Gasteiger partial charge in [0.05, 0.1) is 6.54 Å². The van der Waals surface area contributed by atoms with Gasteiger partial charge in [-0.05, 0) is 33.5 Å². The van der Waals surface area contributed by atoms with Gasteiger partial charge in [-0.2, -0.15) is 5.10 Å². The highest BCUT2D eigenvalue weighted by atomic mass is 15.5. The fraction of sp³-hybridized carbons (Fsp3) is 0.292. The summed E-state index contributed by atoms with van der Waals surface area (Å²) in [7, 11) is 0. The zero-order chi connectivity index (χ0) is 21.6. The van der Waals surface area contributed by atoms with Gasteiger partial charge in [0.25, 0.3) is 0 Å². The Morgan fingerprint density at radius 2 is 1.87 bits per heavy atom. The molecule has 1 atom stereocenters. The van der Waals surface area contributed by atoms with E-state index in [2.05, 4.69) is 70.7 Å². The third-order valence-electron chi connectivity index (χ3n) is 5.44. The van der Waals surface area contributed by atoms with Crippen LogP contribution in [0.1, 0.15) is 49.8 Å². The van der Waals surface area contributed by atoms with Crippen LogP contribution in [0.15, 0.2) is 48.5 Å². The van der Waals surface area contributed by atoms with E-state index in [-0.39, 0.29) is 0 Å². The molecule has 0 fully saturated rings. The van der Waals surface area contributed by atoms with Crippen molar-refractivity contribution >= 4 is 0 Å². The Hall–Kier alpha value is -3.79. The predicted octanol–water partition coefficient (Wildman–Crippen LogP) is 4.25. The van der Waals surface area contributed by atoms with E-state index in [9.17, 15) is 0 Å². The van der Waals surface area contributed by atoms with Gasteiger partial charge in [0.15, 0.2) is 11.6 Å². The summed E-state index contributed by atoms with van der Waals surface area (Å²) in [5.41, 5.74) is 4.31. The molecule has 0 spiro atoms. The van der Waals surface area contributed by atoms with Crippen molar-refractivity contribution in [2.24, 2.45) is 0 Å². The molecular formula is C24H25N7. The fourth-order valence-corrected chi connectivity index (χ4v) is 3.46. The Morgan fingerprint density at radius 3 is 2.55 bits per heavy atom. The van der Waals surface area contributed by atoms with Crippen molar-refractivity contribution in [2.45, 2.75) is 45.6 Å². The second-order valence-corrected chi connectivity index (χ2v) is 7.54. The molecule has 4 rings (SSSR count). The quantitative estimate of drug-likeness (QED) is 0.438. The van der Waals surface area contributed by atoms with Gasteiger partial charge in [-0.1, -0.05) is 62.4 Å². The molecule has 0 aliphatic heterocycles. The molecule has 0 amide bonds. The number of aromatic amines is 1. The largest absolute Gasteiger partial charge is 0.248 e. The highest BCUT2D eigenvalue weighted by Gasteiger charge is 2.15. The number of hydrogen-bond acceptors (Lipinski definition) is 5. The summed E-state index contributed by atoms with van der Waals surface area (Å²) in [6, 6.07) is 16.6. The number of terminal acetylenes is 1. The highest BCUT2D eigenvalue weighted by Crippen LogP contribution is 2.30. The maximum atomic E-state index is 5.46. The van der Waals surface area contributed by atoms with Crippen LogP contribution in [-0.4, -0.2) is 35.4 Å². The summed E-state index contributed by atoms with van der Waals surface area (Å²) in [5, 5.41) is 19.0. The summed E-state index contributed by atoms with van der Waals surface area (Å²) < 4.78 is 1.96. The Labute approximate surface area is 181 Å². The normalized spacial score (nSPS) is 11.9. The van der Waals surface area contributed by atoms with Crippen molar-refractivity contribution < 1.29 is 0 Å². The highest BCUT2D eigenvalue weighted by molar-refractivity contribution is 5.80.